The van der Waals surface area contributed by atoms with Crippen molar-refractivity contribution in [2.75, 3.05) is 0 Å². The zero-order valence-corrected chi connectivity index (χ0v) is 6.15. The molecule has 1 heterocycles. The van der Waals surface area contributed by atoms with Crippen LogP contribution in [0.3, 0.4) is 0 Å². The largest absolute Gasteiger partial charge is 0.358 e. The first-order chi connectivity index (χ1) is 5.20. The van der Waals surface area contributed by atoms with E-state index in [0.29, 0.717) is 5.57 Å². The van der Waals surface area contributed by atoms with Crippen LogP contribution >= 0.6 is 0 Å². The van der Waals surface area contributed by atoms with Crippen molar-refractivity contribution in [1.29, 1.82) is 0 Å². The van der Waals surface area contributed by atoms with Crippen molar-refractivity contribution in [3.8, 4) is 0 Å². The van der Waals surface area contributed by atoms with E-state index in [1.54, 1.807) is 6.92 Å². The Kier molecular flexibility index (Phi) is 2.06. The molecule has 0 radical (unpaired) electrons. The molecule has 0 atom stereocenters. The van der Waals surface area contributed by atoms with E-state index >= 15 is 0 Å². The number of carbonyl (C=O) groups is 1. The van der Waals surface area contributed by atoms with E-state index in [2.05, 4.69) is 11.6 Å². The normalized spacial score (nSPS) is 9.18. The van der Waals surface area contributed by atoms with Crippen LogP contribution in [0.4, 0.5) is 0 Å². The molecule has 0 N–H and O–H groups in total. The quantitative estimate of drug-likeness (QED) is 0.576. The summed E-state index contributed by atoms with van der Waals surface area (Å²) in [7, 11) is 0. The van der Waals surface area contributed by atoms with Crippen LogP contribution in [0.15, 0.2) is 30.9 Å². The Morgan fingerprint density at radius 1 is 1.73 bits per heavy atom. The van der Waals surface area contributed by atoms with Gasteiger partial charge in [0.05, 0.1) is 6.20 Å². The van der Waals surface area contributed by atoms with Gasteiger partial charge in [-0.1, -0.05) is 6.58 Å². The molecular weight excluding hydrogens is 144 g/mol. The highest BCUT2D eigenvalue weighted by Gasteiger charge is 2.02. The Hall–Kier alpha value is -1.58. The van der Waals surface area contributed by atoms with Crippen LogP contribution in [-0.4, -0.2) is 15.7 Å². The van der Waals surface area contributed by atoms with E-state index in [4.69, 9.17) is 4.84 Å². The Morgan fingerprint density at radius 2 is 2.45 bits per heavy atom. The number of carbonyl (C=O) groups excluding carboxylic acids is 1. The highest BCUT2D eigenvalue weighted by atomic mass is 16.7. The number of rotatable bonds is 2. The molecular formula is C7H8N2O2. The summed E-state index contributed by atoms with van der Waals surface area (Å²) in [4.78, 5) is 19.3. The number of hydrogen-bond donors (Lipinski definition) is 0. The Balaban J connectivity index is 2.57. The molecule has 0 aliphatic heterocycles. The molecule has 0 amide bonds. The van der Waals surface area contributed by atoms with Gasteiger partial charge in [0, 0.05) is 11.8 Å². The Bertz CT molecular complexity index is 264. The first kappa shape index (κ1) is 7.53. The molecule has 0 aliphatic rings. The Morgan fingerprint density at radius 3 is 2.91 bits per heavy atom. The number of imidazole rings is 1. The second-order valence-corrected chi connectivity index (χ2v) is 2.08. The minimum Gasteiger partial charge on any atom is -0.331 e. The lowest BCUT2D eigenvalue weighted by Gasteiger charge is -2.00. The van der Waals surface area contributed by atoms with Crippen molar-refractivity contribution in [2.24, 2.45) is 0 Å². The van der Waals surface area contributed by atoms with Gasteiger partial charge in [-0.15, -0.1) is 0 Å². The zero-order valence-electron chi connectivity index (χ0n) is 6.15. The summed E-state index contributed by atoms with van der Waals surface area (Å²) in [6, 6.07) is 0. The van der Waals surface area contributed by atoms with E-state index in [1.165, 1.54) is 23.5 Å². The molecule has 4 nitrogen and oxygen atoms in total. The minimum atomic E-state index is -0.456. The molecule has 0 fully saturated rings. The maximum atomic E-state index is 10.8. The summed E-state index contributed by atoms with van der Waals surface area (Å²) >= 11 is 0. The van der Waals surface area contributed by atoms with Gasteiger partial charge in [-0.25, -0.2) is 9.78 Å². The van der Waals surface area contributed by atoms with E-state index in [9.17, 15) is 4.79 Å². The maximum Gasteiger partial charge on any atom is 0.358 e. The molecule has 58 valence electrons. The average molecular weight is 152 g/mol. The van der Waals surface area contributed by atoms with Gasteiger partial charge in [0.1, 0.15) is 6.33 Å². The van der Waals surface area contributed by atoms with Crippen molar-refractivity contribution < 1.29 is 9.63 Å². The summed E-state index contributed by atoms with van der Waals surface area (Å²) in [6.45, 7) is 5.01. The van der Waals surface area contributed by atoms with Gasteiger partial charge in [-0.3, -0.25) is 0 Å². The van der Waals surface area contributed by atoms with E-state index in [-0.39, 0.29) is 0 Å². The van der Waals surface area contributed by atoms with Crippen LogP contribution in [0.1, 0.15) is 6.92 Å². The van der Waals surface area contributed by atoms with Crippen LogP contribution in [0.5, 0.6) is 0 Å². The molecule has 0 saturated heterocycles. The smallest absolute Gasteiger partial charge is 0.331 e. The van der Waals surface area contributed by atoms with Crippen molar-refractivity contribution in [2.45, 2.75) is 6.92 Å². The van der Waals surface area contributed by atoms with Crippen LogP contribution in [0.25, 0.3) is 0 Å². The molecule has 0 saturated carbocycles. The first-order valence-electron chi connectivity index (χ1n) is 3.06. The average Bonchev–Trinajstić information content (AvgIpc) is 2.39. The van der Waals surface area contributed by atoms with Gasteiger partial charge in [0.2, 0.25) is 0 Å². The van der Waals surface area contributed by atoms with Gasteiger partial charge >= 0.3 is 5.97 Å². The van der Waals surface area contributed by atoms with Crippen molar-refractivity contribution in [3.63, 3.8) is 0 Å². The minimum absolute atomic E-state index is 0.360. The molecule has 1 rings (SSSR count). The predicted molar refractivity (Wildman–Crippen MR) is 38.6 cm³/mol. The number of nitrogens with zero attached hydrogens (tertiary/aromatic N) is 2. The third-order valence-corrected chi connectivity index (χ3v) is 1.02. The third kappa shape index (κ3) is 1.93. The fourth-order valence-corrected chi connectivity index (χ4v) is 0.475. The summed E-state index contributed by atoms with van der Waals surface area (Å²) in [6.07, 6.45) is 4.44. The van der Waals surface area contributed by atoms with E-state index < -0.39 is 5.97 Å². The first-order valence-corrected chi connectivity index (χ1v) is 3.06. The van der Waals surface area contributed by atoms with Crippen LogP contribution < -0.4 is 4.84 Å². The lowest BCUT2D eigenvalue weighted by atomic mass is 10.4. The van der Waals surface area contributed by atoms with Crippen LogP contribution in [-0.2, 0) is 4.79 Å². The second kappa shape index (κ2) is 3.01. The highest BCUT2D eigenvalue weighted by molar-refractivity contribution is 5.87. The SMILES string of the molecule is C=C(C)C(=O)On1ccnc1. The van der Waals surface area contributed by atoms with Gasteiger partial charge in [0.25, 0.3) is 0 Å². The fourth-order valence-electron chi connectivity index (χ4n) is 0.475. The number of hydrogen-bond acceptors (Lipinski definition) is 3. The highest BCUT2D eigenvalue weighted by Crippen LogP contribution is 1.89. The monoisotopic (exact) mass is 152 g/mol. The topological polar surface area (TPSA) is 44.1 Å². The molecule has 1 aromatic heterocycles. The lowest BCUT2D eigenvalue weighted by molar-refractivity contribution is -0.139. The summed E-state index contributed by atoms with van der Waals surface area (Å²) < 4.78 is 1.22. The van der Waals surface area contributed by atoms with Crippen LogP contribution in [0.2, 0.25) is 0 Å². The van der Waals surface area contributed by atoms with Crippen molar-refractivity contribution >= 4 is 5.97 Å². The summed E-state index contributed by atoms with van der Waals surface area (Å²) in [5.74, 6) is -0.456. The maximum absolute atomic E-state index is 10.8. The summed E-state index contributed by atoms with van der Waals surface area (Å²) in [5, 5.41) is 0. The van der Waals surface area contributed by atoms with Crippen molar-refractivity contribution in [1.82, 2.24) is 9.71 Å². The standard InChI is InChI=1S/C7H8N2O2/c1-6(2)7(10)11-9-4-3-8-5-9/h3-5H,1H2,2H3. The van der Waals surface area contributed by atoms with E-state index in [0.717, 1.165) is 0 Å². The van der Waals surface area contributed by atoms with Gasteiger partial charge in [0.15, 0.2) is 0 Å². The Labute approximate surface area is 64.1 Å². The third-order valence-electron chi connectivity index (χ3n) is 1.02. The molecule has 0 bridgehead atoms. The van der Waals surface area contributed by atoms with Gasteiger partial charge in [-0.2, -0.15) is 4.73 Å². The molecule has 0 spiro atoms. The van der Waals surface area contributed by atoms with Crippen molar-refractivity contribution in [3.05, 3.63) is 30.9 Å². The lowest BCUT2D eigenvalue weighted by Crippen LogP contribution is -2.18. The summed E-state index contributed by atoms with van der Waals surface area (Å²) in [5.41, 5.74) is 0.360. The molecule has 11 heavy (non-hydrogen) atoms. The fraction of sp³-hybridized carbons (Fsp3) is 0.143. The van der Waals surface area contributed by atoms with E-state index in [1.807, 2.05) is 0 Å². The predicted octanol–water partition coefficient (Wildman–Crippen LogP) is 0.414. The van der Waals surface area contributed by atoms with Gasteiger partial charge in [-0.05, 0) is 6.92 Å². The molecule has 0 unspecified atom stereocenters. The number of aromatic nitrogens is 2. The molecule has 4 heteroatoms. The zero-order chi connectivity index (χ0) is 8.27. The second-order valence-electron chi connectivity index (χ2n) is 2.08. The molecule has 1 aromatic rings. The van der Waals surface area contributed by atoms with Crippen LogP contribution in [0, 0.1) is 0 Å². The molecule has 0 aromatic carbocycles. The molecule has 0 aliphatic carbocycles. The van der Waals surface area contributed by atoms with Gasteiger partial charge < -0.3 is 4.84 Å².